The van der Waals surface area contributed by atoms with Crippen molar-refractivity contribution in [3.8, 4) is 11.5 Å². The Morgan fingerprint density at radius 3 is 1.17 bits per heavy atom. The average Bonchev–Trinajstić information content (AvgIpc) is 3.04. The van der Waals surface area contributed by atoms with Gasteiger partial charge in [-0.3, -0.25) is 0 Å². The van der Waals surface area contributed by atoms with Gasteiger partial charge in [0.25, 0.3) is 0 Å². The Hall–Kier alpha value is -4.30. The summed E-state index contributed by atoms with van der Waals surface area (Å²) in [5.41, 5.74) is -12.4. The second-order valence-corrected chi connectivity index (χ2v) is 16.4. The van der Waals surface area contributed by atoms with Crippen LogP contribution in [0.4, 0.5) is 30.7 Å². The molecule has 0 saturated carbocycles. The molecular formula is C32H23F7NO5PS2. The van der Waals surface area contributed by atoms with E-state index in [1.165, 1.54) is 27.3 Å². The fourth-order valence-electron chi connectivity index (χ4n) is 4.46. The molecule has 0 aliphatic rings. The minimum Gasteiger partial charge on any atom is -0.454 e. The number of benzene rings is 5. The molecule has 5 aromatic rings. The van der Waals surface area contributed by atoms with E-state index in [0.29, 0.717) is 5.75 Å². The Labute approximate surface area is 272 Å². The Morgan fingerprint density at radius 1 is 0.479 bits per heavy atom. The molecule has 0 fully saturated rings. The summed E-state index contributed by atoms with van der Waals surface area (Å²) in [5, 5.41) is 5.06. The van der Waals surface area contributed by atoms with Crippen LogP contribution in [0.2, 0.25) is 0 Å². The average molecular weight is 730 g/mol. The van der Waals surface area contributed by atoms with Gasteiger partial charge in [0.1, 0.15) is 34.2 Å². The lowest BCUT2D eigenvalue weighted by molar-refractivity contribution is -0.0444. The van der Waals surface area contributed by atoms with E-state index in [1.807, 2.05) is 12.1 Å². The summed E-state index contributed by atoms with van der Waals surface area (Å²) in [4.78, 5) is 0. The van der Waals surface area contributed by atoms with Crippen LogP contribution in [-0.2, 0) is 20.0 Å². The van der Waals surface area contributed by atoms with Gasteiger partial charge in [0.2, 0.25) is 0 Å². The minimum atomic E-state index is -6.72. The van der Waals surface area contributed by atoms with Gasteiger partial charge in [0, 0.05) is 0 Å². The van der Waals surface area contributed by atoms with E-state index in [4.69, 9.17) is 4.74 Å². The number of sulfonamides is 2. The highest BCUT2D eigenvalue weighted by Crippen LogP contribution is 2.54. The van der Waals surface area contributed by atoms with Crippen LogP contribution in [0.5, 0.6) is 11.5 Å². The summed E-state index contributed by atoms with van der Waals surface area (Å²) >= 11 is 0. The van der Waals surface area contributed by atoms with Crippen LogP contribution in [0.3, 0.4) is 0 Å². The zero-order valence-electron chi connectivity index (χ0n) is 24.2. The van der Waals surface area contributed by atoms with E-state index >= 15 is 0 Å². The lowest BCUT2D eigenvalue weighted by Gasteiger charge is -2.27. The smallest absolute Gasteiger partial charge is 0.454 e. The molecule has 0 aliphatic heterocycles. The van der Waals surface area contributed by atoms with E-state index in [9.17, 15) is 47.6 Å². The predicted molar refractivity (Wildman–Crippen MR) is 171 cm³/mol. The maximum atomic E-state index is 14.1. The number of hydrogen-bond acceptors (Lipinski definition) is 5. The molecule has 16 heteroatoms. The first-order valence-corrected chi connectivity index (χ1v) is 18.1. The van der Waals surface area contributed by atoms with Gasteiger partial charge in [-0.25, -0.2) is 21.2 Å². The van der Waals surface area contributed by atoms with Gasteiger partial charge in [0.15, 0.2) is 31.6 Å². The molecule has 48 heavy (non-hydrogen) atoms. The topological polar surface area (TPSA) is 91.6 Å². The van der Waals surface area contributed by atoms with Gasteiger partial charge < -0.3 is 8.86 Å². The van der Waals surface area contributed by atoms with Crippen LogP contribution in [0.25, 0.3) is 4.13 Å². The maximum absolute atomic E-state index is 14.1. The Bertz CT molecular complexity index is 1890. The second-order valence-electron chi connectivity index (χ2n) is 9.62. The summed E-state index contributed by atoms with van der Waals surface area (Å²) in [6, 6.07) is 46.7. The maximum Gasteiger partial charge on any atom is 0.480 e. The number of rotatable bonds is 8. The molecule has 5 rings (SSSR count). The van der Waals surface area contributed by atoms with Gasteiger partial charge in [-0.05, 0) is 72.8 Å². The number of para-hydroxylation sites is 1. The van der Waals surface area contributed by atoms with Gasteiger partial charge in [0.05, 0.1) is 0 Å². The normalized spacial score (nSPS) is 12.5. The van der Waals surface area contributed by atoms with Crippen molar-refractivity contribution >= 4 is 48.5 Å². The molecule has 0 amide bonds. The summed E-state index contributed by atoms with van der Waals surface area (Å²) in [5.74, 6) is 0.456. The van der Waals surface area contributed by atoms with E-state index in [-0.39, 0.29) is 11.6 Å². The molecule has 6 nitrogen and oxygen atoms in total. The van der Waals surface area contributed by atoms with E-state index < -0.39 is 38.3 Å². The van der Waals surface area contributed by atoms with Crippen LogP contribution in [0.1, 0.15) is 0 Å². The molecule has 0 aromatic heterocycles. The lowest BCUT2D eigenvalue weighted by Crippen LogP contribution is -2.38. The highest BCUT2D eigenvalue weighted by Gasteiger charge is 2.48. The second kappa shape index (κ2) is 14.4. The van der Waals surface area contributed by atoms with Crippen molar-refractivity contribution in [1.82, 2.24) is 0 Å². The molecule has 0 aliphatic carbocycles. The van der Waals surface area contributed by atoms with Crippen molar-refractivity contribution in [3.05, 3.63) is 149 Å². The number of ether oxygens (including phenoxy) is 1. The molecular weight excluding hydrogens is 706 g/mol. The van der Waals surface area contributed by atoms with Crippen molar-refractivity contribution in [2.45, 2.75) is 11.0 Å². The first-order chi connectivity index (χ1) is 22.5. The van der Waals surface area contributed by atoms with Crippen molar-refractivity contribution < 1.29 is 52.3 Å². The first kappa shape index (κ1) is 36.5. The molecule has 0 heterocycles. The van der Waals surface area contributed by atoms with Crippen LogP contribution >= 0.6 is 7.26 Å². The number of halogens is 7. The lowest BCUT2D eigenvalue weighted by atomic mass is 10.3. The zero-order valence-corrected chi connectivity index (χ0v) is 26.7. The fraction of sp³-hybridized carbons (Fsp3) is 0.0625. The number of alkyl halides is 6. The largest absolute Gasteiger partial charge is 0.480 e. The monoisotopic (exact) mass is 729 g/mol. The molecule has 0 unspecified atom stereocenters. The predicted octanol–water partition coefficient (Wildman–Crippen LogP) is 7.30. The van der Waals surface area contributed by atoms with Gasteiger partial charge in [-0.15, -0.1) is 0 Å². The quantitative estimate of drug-likeness (QED) is 0.124. The number of hydrogen-bond donors (Lipinski definition) is 0. The Balaban J connectivity index is 0.000000295. The Kier molecular flexibility index (Phi) is 11.0. The number of nitrogens with zero attached hydrogens (tertiary/aromatic N) is 1. The van der Waals surface area contributed by atoms with Crippen molar-refractivity contribution in [2.24, 2.45) is 0 Å². The van der Waals surface area contributed by atoms with Gasteiger partial charge >= 0.3 is 11.0 Å². The first-order valence-electron chi connectivity index (χ1n) is 13.4. The van der Waals surface area contributed by atoms with E-state index in [2.05, 4.69) is 103 Å². The van der Waals surface area contributed by atoms with Crippen LogP contribution in [0.15, 0.2) is 140 Å². The van der Waals surface area contributed by atoms with Crippen LogP contribution in [0, 0.1) is 5.82 Å². The standard InChI is InChI=1S/C30H23FOP.C2F6NO4S2/c31-29-18-10-11-19-30(29)32-24-20-22-28(23-21-24)33(25-12-4-1-5-13-25,26-14-6-2-7-15-26)27-16-8-3-9-17-27;3-1(4,5)14(10,11)9-15(12,13)2(6,7)8/h1-23H;/q+1;-1. The van der Waals surface area contributed by atoms with Gasteiger partial charge in [-0.2, -0.15) is 26.3 Å². The third-order valence-electron chi connectivity index (χ3n) is 6.50. The minimum absolute atomic E-state index is 0.223. The molecule has 0 N–H and O–H groups in total. The van der Waals surface area contributed by atoms with Crippen LogP contribution in [-0.4, -0.2) is 27.9 Å². The molecule has 5 aromatic carbocycles. The SMILES string of the molecule is Fc1ccccc1Oc1ccc([P+](c2ccccc2)(c2ccccc2)c2ccccc2)cc1.O=S(=O)([N-]S(=O)(=O)C(F)(F)F)C(F)(F)F. The zero-order chi connectivity index (χ0) is 35.2. The van der Waals surface area contributed by atoms with Crippen LogP contribution < -0.4 is 26.0 Å². The van der Waals surface area contributed by atoms with Crippen molar-refractivity contribution in [3.63, 3.8) is 0 Å². The summed E-state index contributed by atoms with van der Waals surface area (Å²) < 4.78 is 129. The molecule has 0 bridgehead atoms. The summed E-state index contributed by atoms with van der Waals surface area (Å²) in [6.07, 6.45) is 0. The third kappa shape index (κ3) is 8.04. The molecule has 0 spiro atoms. The molecule has 0 saturated heterocycles. The fourth-order valence-corrected chi connectivity index (χ4v) is 10.4. The highest BCUT2D eigenvalue weighted by atomic mass is 32.3. The van der Waals surface area contributed by atoms with Crippen molar-refractivity contribution in [2.75, 3.05) is 0 Å². The molecule has 0 atom stereocenters. The van der Waals surface area contributed by atoms with Crippen molar-refractivity contribution in [1.29, 1.82) is 0 Å². The van der Waals surface area contributed by atoms with E-state index in [1.54, 1.807) is 18.2 Å². The summed E-state index contributed by atoms with van der Waals surface area (Å²) in [7, 11) is -15.6. The van der Waals surface area contributed by atoms with E-state index in [0.717, 1.165) is 4.13 Å². The molecule has 252 valence electrons. The van der Waals surface area contributed by atoms with Gasteiger partial charge in [-0.1, -0.05) is 66.7 Å². The molecule has 0 radical (unpaired) electrons. The highest BCUT2D eigenvalue weighted by molar-refractivity contribution is 8.13. The third-order valence-corrected chi connectivity index (χ3v) is 13.5. The Morgan fingerprint density at radius 2 is 0.812 bits per heavy atom. The summed E-state index contributed by atoms with van der Waals surface area (Å²) in [6.45, 7) is 0.